The monoisotopic (exact) mass is 306 g/mol. The summed E-state index contributed by atoms with van der Waals surface area (Å²) in [7, 11) is 1.63. The topological polar surface area (TPSA) is 24.5 Å². The van der Waals surface area contributed by atoms with Crippen LogP contribution >= 0.6 is 0 Å². The molecule has 1 N–H and O–H groups in total. The fraction of sp³-hybridized carbons (Fsp3) is 0.667. The van der Waals surface area contributed by atoms with Crippen molar-refractivity contribution in [1.29, 1.82) is 0 Å². The molecule has 1 aromatic rings. The molecule has 2 heterocycles. The Hall–Kier alpha value is -1.13. The number of hydrogen-bond donors (Lipinski definition) is 1. The second-order valence-electron chi connectivity index (χ2n) is 6.69. The van der Waals surface area contributed by atoms with Gasteiger partial charge in [-0.3, -0.25) is 0 Å². The number of hydrogen-bond acceptors (Lipinski definition) is 3. The molecule has 0 unspecified atom stereocenters. The lowest BCUT2D eigenvalue weighted by Crippen LogP contribution is -2.43. The number of nitrogens with zero attached hydrogens (tertiary/aromatic N) is 1. The van der Waals surface area contributed by atoms with Gasteiger partial charge in [-0.1, -0.05) is 12.1 Å². The van der Waals surface area contributed by atoms with Crippen LogP contribution in [0.4, 0.5) is 4.39 Å². The molecule has 3 nitrogen and oxygen atoms in total. The van der Waals surface area contributed by atoms with Gasteiger partial charge in [-0.15, -0.1) is 0 Å². The predicted octanol–water partition coefficient (Wildman–Crippen LogP) is 2.96. The molecular weight excluding hydrogens is 279 g/mol. The van der Waals surface area contributed by atoms with Crippen LogP contribution in [0.1, 0.15) is 31.2 Å². The van der Waals surface area contributed by atoms with Gasteiger partial charge in [0.1, 0.15) is 11.4 Å². The molecule has 2 saturated heterocycles. The molecule has 0 amide bonds. The Balaban J connectivity index is 1.57. The molecule has 22 heavy (non-hydrogen) atoms. The summed E-state index contributed by atoms with van der Waals surface area (Å²) in [5, 5.41) is 3.41. The molecule has 2 aliphatic rings. The van der Waals surface area contributed by atoms with Crippen LogP contribution in [0.5, 0.6) is 5.75 Å². The van der Waals surface area contributed by atoms with Crippen LogP contribution in [0.2, 0.25) is 0 Å². The Morgan fingerprint density at radius 2 is 2.00 bits per heavy atom. The Morgan fingerprint density at radius 3 is 2.68 bits per heavy atom. The minimum Gasteiger partial charge on any atom is -0.497 e. The first kappa shape index (κ1) is 15.8. The van der Waals surface area contributed by atoms with Gasteiger partial charge in [-0.2, -0.15) is 0 Å². The van der Waals surface area contributed by atoms with Crippen LogP contribution in [-0.2, 0) is 5.67 Å². The van der Waals surface area contributed by atoms with Crippen LogP contribution in [-0.4, -0.2) is 44.7 Å². The van der Waals surface area contributed by atoms with Gasteiger partial charge in [0.15, 0.2) is 0 Å². The quantitative estimate of drug-likeness (QED) is 0.925. The number of likely N-dealkylation sites (tertiary alicyclic amines) is 1. The SMILES string of the molecule is COc1cccc(C2(F)CCN(CC3CCNCC3)CC2)c1. The number of halogens is 1. The Kier molecular flexibility index (Phi) is 4.99. The van der Waals surface area contributed by atoms with Gasteiger partial charge < -0.3 is 15.0 Å². The molecule has 122 valence electrons. The number of alkyl halides is 1. The van der Waals surface area contributed by atoms with Crippen LogP contribution in [0.15, 0.2) is 24.3 Å². The second kappa shape index (κ2) is 6.97. The van der Waals surface area contributed by atoms with E-state index in [4.69, 9.17) is 4.74 Å². The first-order chi connectivity index (χ1) is 10.7. The summed E-state index contributed by atoms with van der Waals surface area (Å²) in [4.78, 5) is 2.45. The molecule has 0 saturated carbocycles. The van der Waals surface area contributed by atoms with E-state index in [1.807, 2.05) is 24.3 Å². The Labute approximate surface area is 132 Å². The van der Waals surface area contributed by atoms with Gasteiger partial charge >= 0.3 is 0 Å². The van der Waals surface area contributed by atoms with E-state index in [9.17, 15) is 0 Å². The van der Waals surface area contributed by atoms with E-state index < -0.39 is 5.67 Å². The zero-order valence-corrected chi connectivity index (χ0v) is 13.5. The molecule has 0 aliphatic carbocycles. The maximum Gasteiger partial charge on any atom is 0.138 e. The van der Waals surface area contributed by atoms with E-state index in [0.717, 1.165) is 50.0 Å². The van der Waals surface area contributed by atoms with Crippen LogP contribution in [0.3, 0.4) is 0 Å². The summed E-state index contributed by atoms with van der Waals surface area (Å²) in [6, 6.07) is 7.50. The summed E-state index contributed by atoms with van der Waals surface area (Å²) in [6.07, 6.45) is 3.69. The van der Waals surface area contributed by atoms with Crippen molar-refractivity contribution in [2.45, 2.75) is 31.4 Å². The third-order valence-corrected chi connectivity index (χ3v) is 5.21. The highest BCUT2D eigenvalue weighted by Gasteiger charge is 2.36. The highest BCUT2D eigenvalue weighted by Crippen LogP contribution is 2.38. The first-order valence-electron chi connectivity index (χ1n) is 8.46. The molecule has 0 atom stereocenters. The predicted molar refractivity (Wildman–Crippen MR) is 87.0 cm³/mol. The van der Waals surface area contributed by atoms with Gasteiger partial charge in [0.2, 0.25) is 0 Å². The maximum absolute atomic E-state index is 15.3. The van der Waals surface area contributed by atoms with Gasteiger partial charge in [0.25, 0.3) is 0 Å². The molecule has 0 aromatic heterocycles. The van der Waals surface area contributed by atoms with Crippen molar-refractivity contribution < 1.29 is 9.13 Å². The third kappa shape index (κ3) is 3.61. The van der Waals surface area contributed by atoms with Crippen molar-refractivity contribution in [2.75, 3.05) is 39.8 Å². The largest absolute Gasteiger partial charge is 0.497 e. The van der Waals surface area contributed by atoms with Crippen LogP contribution in [0.25, 0.3) is 0 Å². The molecule has 4 heteroatoms. The van der Waals surface area contributed by atoms with E-state index in [0.29, 0.717) is 12.8 Å². The number of rotatable bonds is 4. The van der Waals surface area contributed by atoms with Crippen molar-refractivity contribution in [2.24, 2.45) is 5.92 Å². The van der Waals surface area contributed by atoms with Crippen molar-refractivity contribution in [1.82, 2.24) is 10.2 Å². The molecule has 3 rings (SSSR count). The van der Waals surface area contributed by atoms with Gasteiger partial charge in [-0.25, -0.2) is 4.39 Å². The summed E-state index contributed by atoms with van der Waals surface area (Å²) in [6.45, 7) is 5.12. The van der Waals surface area contributed by atoms with Crippen LogP contribution in [0, 0.1) is 5.92 Å². The molecule has 2 fully saturated rings. The number of piperidine rings is 2. The average molecular weight is 306 g/mol. The lowest BCUT2D eigenvalue weighted by atomic mass is 9.85. The molecule has 0 bridgehead atoms. The van der Waals surface area contributed by atoms with Gasteiger partial charge in [0, 0.05) is 19.6 Å². The molecular formula is C18H27FN2O. The van der Waals surface area contributed by atoms with E-state index in [2.05, 4.69) is 10.2 Å². The number of methoxy groups -OCH3 is 1. The number of ether oxygens (including phenoxy) is 1. The van der Waals surface area contributed by atoms with Crippen molar-refractivity contribution in [3.63, 3.8) is 0 Å². The Morgan fingerprint density at radius 1 is 1.27 bits per heavy atom. The normalized spacial score (nSPS) is 23.4. The third-order valence-electron chi connectivity index (χ3n) is 5.21. The van der Waals surface area contributed by atoms with Gasteiger partial charge in [0.05, 0.1) is 7.11 Å². The summed E-state index contributed by atoms with van der Waals surface area (Å²) in [5.74, 6) is 1.52. The Bertz CT molecular complexity index is 480. The lowest BCUT2D eigenvalue weighted by Gasteiger charge is -2.39. The van der Waals surface area contributed by atoms with Crippen molar-refractivity contribution in [3.05, 3.63) is 29.8 Å². The highest BCUT2D eigenvalue weighted by molar-refractivity contribution is 5.32. The molecule has 1 aromatic carbocycles. The van der Waals surface area contributed by atoms with Crippen LogP contribution < -0.4 is 10.1 Å². The van der Waals surface area contributed by atoms with E-state index in [1.165, 1.54) is 12.8 Å². The fourth-order valence-electron chi connectivity index (χ4n) is 3.71. The fourth-order valence-corrected chi connectivity index (χ4v) is 3.71. The maximum atomic E-state index is 15.3. The highest BCUT2D eigenvalue weighted by atomic mass is 19.1. The minimum absolute atomic E-state index is 0.588. The summed E-state index contributed by atoms with van der Waals surface area (Å²) < 4.78 is 20.5. The number of benzene rings is 1. The molecule has 0 radical (unpaired) electrons. The van der Waals surface area contributed by atoms with Crippen molar-refractivity contribution >= 4 is 0 Å². The van der Waals surface area contributed by atoms with Crippen molar-refractivity contribution in [3.8, 4) is 5.75 Å². The zero-order valence-electron chi connectivity index (χ0n) is 13.5. The number of nitrogens with one attached hydrogen (secondary N) is 1. The molecule has 2 aliphatic heterocycles. The zero-order chi connectivity index (χ0) is 15.4. The van der Waals surface area contributed by atoms with Gasteiger partial charge in [-0.05, 0) is 62.4 Å². The van der Waals surface area contributed by atoms with E-state index >= 15 is 4.39 Å². The second-order valence-corrected chi connectivity index (χ2v) is 6.69. The first-order valence-corrected chi connectivity index (χ1v) is 8.46. The average Bonchev–Trinajstić information content (AvgIpc) is 2.58. The van der Waals surface area contributed by atoms with E-state index in [-0.39, 0.29) is 0 Å². The summed E-state index contributed by atoms with van der Waals surface area (Å²) in [5.41, 5.74) is -0.424. The standard InChI is InChI=1S/C18H27FN2O/c1-22-17-4-2-3-16(13-17)18(19)7-11-21(12-8-18)14-15-5-9-20-10-6-15/h2-4,13,15,20H,5-12,14H2,1H3. The smallest absolute Gasteiger partial charge is 0.138 e. The minimum atomic E-state index is -1.20. The van der Waals surface area contributed by atoms with E-state index in [1.54, 1.807) is 7.11 Å². The summed E-state index contributed by atoms with van der Waals surface area (Å²) >= 11 is 0. The molecule has 0 spiro atoms. The lowest BCUT2D eigenvalue weighted by molar-refractivity contribution is 0.0463.